The van der Waals surface area contributed by atoms with E-state index >= 15 is 0 Å². The SMILES string of the molecule is CCOC(=O)CC(C)CCC1OC1(C)C. The summed E-state index contributed by atoms with van der Waals surface area (Å²) < 4.78 is 10.4. The fourth-order valence-corrected chi connectivity index (χ4v) is 1.78. The fourth-order valence-electron chi connectivity index (χ4n) is 1.78. The van der Waals surface area contributed by atoms with E-state index in [4.69, 9.17) is 9.47 Å². The van der Waals surface area contributed by atoms with Crippen LogP contribution in [0, 0.1) is 5.92 Å². The van der Waals surface area contributed by atoms with E-state index in [1.54, 1.807) is 0 Å². The number of carbonyl (C=O) groups excluding carboxylic acids is 1. The van der Waals surface area contributed by atoms with E-state index in [0.29, 0.717) is 25.0 Å². The van der Waals surface area contributed by atoms with Gasteiger partial charge in [-0.2, -0.15) is 0 Å². The summed E-state index contributed by atoms with van der Waals surface area (Å²) in [5, 5.41) is 0. The van der Waals surface area contributed by atoms with Gasteiger partial charge in [0.2, 0.25) is 0 Å². The molecule has 2 atom stereocenters. The summed E-state index contributed by atoms with van der Waals surface area (Å²) in [6.07, 6.45) is 3.00. The van der Waals surface area contributed by atoms with Crippen LogP contribution in [0.25, 0.3) is 0 Å². The van der Waals surface area contributed by atoms with Crippen LogP contribution in [0.2, 0.25) is 0 Å². The van der Waals surface area contributed by atoms with E-state index in [1.165, 1.54) is 0 Å². The number of esters is 1. The summed E-state index contributed by atoms with van der Waals surface area (Å²) in [5.74, 6) is 0.310. The van der Waals surface area contributed by atoms with Crippen LogP contribution in [-0.2, 0) is 14.3 Å². The molecule has 15 heavy (non-hydrogen) atoms. The topological polar surface area (TPSA) is 38.8 Å². The molecule has 0 saturated carbocycles. The summed E-state index contributed by atoms with van der Waals surface area (Å²) in [7, 11) is 0. The van der Waals surface area contributed by atoms with E-state index in [9.17, 15) is 4.79 Å². The quantitative estimate of drug-likeness (QED) is 0.504. The Hall–Kier alpha value is -0.570. The summed E-state index contributed by atoms with van der Waals surface area (Å²) >= 11 is 0. The second-order valence-electron chi connectivity index (χ2n) is 4.90. The first kappa shape index (κ1) is 12.5. The lowest BCUT2D eigenvalue weighted by Gasteiger charge is -2.09. The minimum Gasteiger partial charge on any atom is -0.466 e. The van der Waals surface area contributed by atoms with Gasteiger partial charge in [0.15, 0.2) is 0 Å². The van der Waals surface area contributed by atoms with Crippen LogP contribution in [0.3, 0.4) is 0 Å². The first-order chi connectivity index (χ1) is 6.95. The monoisotopic (exact) mass is 214 g/mol. The second-order valence-corrected chi connectivity index (χ2v) is 4.90. The van der Waals surface area contributed by atoms with Crippen LogP contribution in [-0.4, -0.2) is 24.3 Å². The molecule has 1 saturated heterocycles. The molecule has 1 rings (SSSR count). The molecule has 1 aliphatic rings. The third-order valence-corrected chi connectivity index (χ3v) is 2.91. The van der Waals surface area contributed by atoms with Gasteiger partial charge in [0, 0.05) is 6.42 Å². The second kappa shape index (κ2) is 4.97. The molecule has 0 aromatic heterocycles. The summed E-state index contributed by atoms with van der Waals surface area (Å²) in [6.45, 7) is 8.61. The van der Waals surface area contributed by atoms with Gasteiger partial charge in [-0.3, -0.25) is 4.79 Å². The van der Waals surface area contributed by atoms with Gasteiger partial charge in [-0.05, 0) is 39.5 Å². The molecule has 0 aliphatic carbocycles. The fraction of sp³-hybridized carbons (Fsp3) is 0.917. The molecule has 0 spiro atoms. The Balaban J connectivity index is 2.09. The van der Waals surface area contributed by atoms with E-state index < -0.39 is 0 Å². The van der Waals surface area contributed by atoms with Crippen molar-refractivity contribution >= 4 is 5.97 Å². The largest absolute Gasteiger partial charge is 0.466 e. The summed E-state index contributed by atoms with van der Waals surface area (Å²) in [5.41, 5.74) is 0.0731. The smallest absolute Gasteiger partial charge is 0.306 e. The van der Waals surface area contributed by atoms with E-state index in [1.807, 2.05) is 6.92 Å². The molecule has 1 aliphatic heterocycles. The maximum Gasteiger partial charge on any atom is 0.306 e. The maximum atomic E-state index is 11.2. The highest BCUT2D eigenvalue weighted by Crippen LogP contribution is 2.39. The van der Waals surface area contributed by atoms with Gasteiger partial charge in [0.1, 0.15) is 0 Å². The van der Waals surface area contributed by atoms with Gasteiger partial charge >= 0.3 is 5.97 Å². The first-order valence-electron chi connectivity index (χ1n) is 5.79. The van der Waals surface area contributed by atoms with Crippen molar-refractivity contribution in [3.63, 3.8) is 0 Å². The lowest BCUT2D eigenvalue weighted by atomic mass is 9.97. The van der Waals surface area contributed by atoms with Crippen molar-refractivity contribution in [2.24, 2.45) is 5.92 Å². The van der Waals surface area contributed by atoms with E-state index in [2.05, 4.69) is 20.8 Å². The molecule has 1 fully saturated rings. The van der Waals surface area contributed by atoms with Crippen LogP contribution < -0.4 is 0 Å². The Bertz CT molecular complexity index is 223. The van der Waals surface area contributed by atoms with Gasteiger partial charge in [0.05, 0.1) is 18.3 Å². The predicted octanol–water partition coefficient (Wildman–Crippen LogP) is 2.53. The Morgan fingerprint density at radius 1 is 1.53 bits per heavy atom. The molecule has 0 N–H and O–H groups in total. The zero-order valence-electron chi connectivity index (χ0n) is 10.2. The van der Waals surface area contributed by atoms with Crippen molar-refractivity contribution in [1.29, 1.82) is 0 Å². The summed E-state index contributed by atoms with van der Waals surface area (Å²) in [4.78, 5) is 11.2. The van der Waals surface area contributed by atoms with Crippen molar-refractivity contribution in [2.75, 3.05) is 6.61 Å². The number of carbonyl (C=O) groups is 1. The molecule has 0 aromatic carbocycles. The molecule has 0 radical (unpaired) electrons. The molecule has 88 valence electrons. The van der Waals surface area contributed by atoms with Gasteiger partial charge in [-0.1, -0.05) is 6.92 Å². The number of ether oxygens (including phenoxy) is 2. The Morgan fingerprint density at radius 2 is 2.13 bits per heavy atom. The molecule has 0 amide bonds. The molecular weight excluding hydrogens is 192 g/mol. The van der Waals surface area contributed by atoms with Crippen LogP contribution in [0.15, 0.2) is 0 Å². The zero-order chi connectivity index (χ0) is 11.5. The molecular formula is C12H22O3. The average molecular weight is 214 g/mol. The Labute approximate surface area is 92.1 Å². The van der Waals surface area contributed by atoms with Crippen LogP contribution in [0.1, 0.15) is 47.0 Å². The lowest BCUT2D eigenvalue weighted by Crippen LogP contribution is -2.11. The minimum atomic E-state index is -0.0824. The third kappa shape index (κ3) is 4.20. The molecule has 1 heterocycles. The average Bonchev–Trinajstić information content (AvgIpc) is 2.71. The standard InChI is InChI=1S/C12H22O3/c1-5-14-11(13)8-9(2)6-7-10-12(3,4)15-10/h9-10H,5-8H2,1-4H3. The lowest BCUT2D eigenvalue weighted by molar-refractivity contribution is -0.144. The summed E-state index contributed by atoms with van der Waals surface area (Å²) in [6, 6.07) is 0. The van der Waals surface area contributed by atoms with Crippen molar-refractivity contribution < 1.29 is 14.3 Å². The maximum absolute atomic E-state index is 11.2. The van der Waals surface area contributed by atoms with Crippen LogP contribution in [0.5, 0.6) is 0 Å². The molecule has 3 heteroatoms. The van der Waals surface area contributed by atoms with Crippen LogP contribution >= 0.6 is 0 Å². The highest BCUT2D eigenvalue weighted by atomic mass is 16.6. The molecule has 0 bridgehead atoms. The first-order valence-corrected chi connectivity index (χ1v) is 5.79. The van der Waals surface area contributed by atoms with Crippen molar-refractivity contribution in [1.82, 2.24) is 0 Å². The third-order valence-electron chi connectivity index (χ3n) is 2.91. The van der Waals surface area contributed by atoms with Crippen LogP contribution in [0.4, 0.5) is 0 Å². The molecule has 0 aromatic rings. The van der Waals surface area contributed by atoms with Gasteiger partial charge in [-0.25, -0.2) is 0 Å². The van der Waals surface area contributed by atoms with Gasteiger partial charge in [0.25, 0.3) is 0 Å². The normalized spacial score (nSPS) is 24.7. The van der Waals surface area contributed by atoms with E-state index in [0.717, 1.165) is 12.8 Å². The van der Waals surface area contributed by atoms with Gasteiger partial charge in [-0.15, -0.1) is 0 Å². The van der Waals surface area contributed by atoms with Crippen molar-refractivity contribution in [3.8, 4) is 0 Å². The Morgan fingerprint density at radius 3 is 2.60 bits per heavy atom. The number of rotatable bonds is 6. The minimum absolute atomic E-state index is 0.0731. The van der Waals surface area contributed by atoms with Gasteiger partial charge < -0.3 is 9.47 Å². The molecule has 2 unspecified atom stereocenters. The van der Waals surface area contributed by atoms with Crippen molar-refractivity contribution in [2.45, 2.75) is 58.7 Å². The zero-order valence-corrected chi connectivity index (χ0v) is 10.2. The predicted molar refractivity (Wildman–Crippen MR) is 58.6 cm³/mol. The molecule has 3 nitrogen and oxygen atoms in total. The highest BCUT2D eigenvalue weighted by Gasteiger charge is 2.46. The van der Waals surface area contributed by atoms with Crippen molar-refractivity contribution in [3.05, 3.63) is 0 Å². The number of epoxide rings is 1. The Kier molecular flexibility index (Phi) is 4.14. The number of hydrogen-bond donors (Lipinski definition) is 0. The highest BCUT2D eigenvalue weighted by molar-refractivity contribution is 5.69. The number of hydrogen-bond acceptors (Lipinski definition) is 3. The van der Waals surface area contributed by atoms with E-state index in [-0.39, 0.29) is 11.6 Å².